The maximum absolute atomic E-state index is 15.6. The number of amides is 2. The molecular formula is C38H43ClFN5O6S. The zero-order chi connectivity index (χ0) is 37.6. The second-order valence-corrected chi connectivity index (χ2v) is 15.8. The number of hydrogen-bond donors (Lipinski definition) is 2. The molecule has 276 valence electrons. The number of nitrogens with two attached hydrogens (primary N) is 1. The summed E-state index contributed by atoms with van der Waals surface area (Å²) in [6.45, 7) is 5.43. The van der Waals surface area contributed by atoms with Crippen molar-refractivity contribution in [2.24, 2.45) is 5.73 Å². The highest BCUT2D eigenvalue weighted by Gasteiger charge is 2.39. The van der Waals surface area contributed by atoms with Crippen LogP contribution >= 0.6 is 11.6 Å². The van der Waals surface area contributed by atoms with Crippen LogP contribution in [0.1, 0.15) is 49.8 Å². The van der Waals surface area contributed by atoms with Gasteiger partial charge in [0.15, 0.2) is 0 Å². The molecule has 2 heterocycles. The summed E-state index contributed by atoms with van der Waals surface area (Å²) in [6, 6.07) is 20.9. The Hall–Kier alpha value is -4.56. The van der Waals surface area contributed by atoms with Gasteiger partial charge in [-0.25, -0.2) is 22.6 Å². The number of nitrogens with zero attached hydrogens (tertiary/aromatic N) is 3. The van der Waals surface area contributed by atoms with E-state index in [0.29, 0.717) is 22.0 Å². The van der Waals surface area contributed by atoms with Crippen molar-refractivity contribution in [1.29, 1.82) is 0 Å². The lowest BCUT2D eigenvalue weighted by Crippen LogP contribution is -2.57. The zero-order valence-electron chi connectivity index (χ0n) is 29.5. The van der Waals surface area contributed by atoms with Crippen LogP contribution in [0.4, 0.5) is 14.9 Å². The number of piperazine rings is 1. The van der Waals surface area contributed by atoms with Crippen LogP contribution in [-0.4, -0.2) is 79.0 Å². The molecule has 0 aliphatic carbocycles. The van der Waals surface area contributed by atoms with Gasteiger partial charge in [-0.05, 0) is 81.1 Å². The third-order valence-electron chi connectivity index (χ3n) is 8.75. The summed E-state index contributed by atoms with van der Waals surface area (Å²) in [6.07, 6.45) is 1.18. The fraction of sp³-hybridized carbons (Fsp3) is 0.342. The molecule has 1 aliphatic heterocycles. The van der Waals surface area contributed by atoms with Crippen molar-refractivity contribution < 1.29 is 31.9 Å². The number of sulfonamides is 1. The molecule has 1 aliphatic rings. The van der Waals surface area contributed by atoms with Crippen LogP contribution in [0, 0.1) is 5.82 Å². The number of carbonyl (C=O) groups is 2. The average molecular weight is 752 g/mol. The van der Waals surface area contributed by atoms with E-state index in [-0.39, 0.29) is 48.6 Å². The van der Waals surface area contributed by atoms with Crippen LogP contribution in [0.5, 0.6) is 5.88 Å². The minimum atomic E-state index is -3.97. The standard InChI is InChI=1S/C38H43ClFN5O6S/c1-38(2,3)51-37(47)44-21-22-45(52(48,49)29-9-6-5-7-10-29)28(24-44)18-19-30-31(40)11-8-12-32(30)43-36(46)35(41)34(25-13-16-27(39)17-14-25)26-15-20-33(50-4)42-23-26/h5-17,20,23,28,34-35H,18-19,21-22,24,41H2,1-4H3,(H,43,46)/t28?,34-,35-/m0/s1. The first-order chi connectivity index (χ1) is 24.7. The lowest BCUT2D eigenvalue weighted by atomic mass is 9.85. The maximum atomic E-state index is 15.6. The summed E-state index contributed by atoms with van der Waals surface area (Å²) in [4.78, 5) is 32.8. The topological polar surface area (TPSA) is 144 Å². The smallest absolute Gasteiger partial charge is 0.410 e. The van der Waals surface area contributed by atoms with Crippen LogP contribution in [0.2, 0.25) is 5.02 Å². The summed E-state index contributed by atoms with van der Waals surface area (Å²) >= 11 is 6.15. The number of benzene rings is 3. The van der Waals surface area contributed by atoms with Gasteiger partial charge in [0.25, 0.3) is 0 Å². The van der Waals surface area contributed by atoms with Crippen molar-refractivity contribution in [3.63, 3.8) is 0 Å². The molecule has 0 radical (unpaired) electrons. The first-order valence-electron chi connectivity index (χ1n) is 16.8. The van der Waals surface area contributed by atoms with Crippen molar-refractivity contribution >= 4 is 39.3 Å². The van der Waals surface area contributed by atoms with Gasteiger partial charge in [0.2, 0.25) is 21.8 Å². The van der Waals surface area contributed by atoms with E-state index in [1.54, 1.807) is 87.6 Å². The van der Waals surface area contributed by atoms with Gasteiger partial charge in [-0.1, -0.05) is 54.1 Å². The quantitative estimate of drug-likeness (QED) is 0.184. The van der Waals surface area contributed by atoms with Crippen molar-refractivity contribution in [1.82, 2.24) is 14.2 Å². The number of hydrogen-bond acceptors (Lipinski definition) is 8. The molecule has 1 unspecified atom stereocenters. The highest BCUT2D eigenvalue weighted by Crippen LogP contribution is 2.31. The Kier molecular flexibility index (Phi) is 12.2. The third kappa shape index (κ3) is 9.26. The molecule has 2 amide bonds. The second kappa shape index (κ2) is 16.4. The molecule has 4 aromatic rings. The fourth-order valence-electron chi connectivity index (χ4n) is 6.19. The van der Waals surface area contributed by atoms with Gasteiger partial charge in [-0.3, -0.25) is 4.79 Å². The van der Waals surface area contributed by atoms with Crippen molar-refractivity contribution in [2.75, 3.05) is 32.1 Å². The maximum Gasteiger partial charge on any atom is 0.410 e. The Labute approximate surface area is 308 Å². The van der Waals surface area contributed by atoms with E-state index >= 15 is 4.39 Å². The molecule has 14 heteroatoms. The van der Waals surface area contributed by atoms with Crippen molar-refractivity contribution in [3.05, 3.63) is 119 Å². The van der Waals surface area contributed by atoms with Crippen molar-refractivity contribution in [3.8, 4) is 5.88 Å². The number of pyridine rings is 1. The number of carbonyl (C=O) groups excluding carboxylic acids is 2. The van der Waals surface area contributed by atoms with E-state index in [1.807, 2.05) is 0 Å². The van der Waals surface area contributed by atoms with Crippen LogP contribution in [0.15, 0.2) is 96.0 Å². The monoisotopic (exact) mass is 751 g/mol. The summed E-state index contributed by atoms with van der Waals surface area (Å²) in [5.74, 6) is -1.42. The highest BCUT2D eigenvalue weighted by molar-refractivity contribution is 7.89. The van der Waals surface area contributed by atoms with Gasteiger partial charge < -0.3 is 25.4 Å². The summed E-state index contributed by atoms with van der Waals surface area (Å²) in [5.41, 5.74) is 7.62. The Morgan fingerprint density at radius 2 is 1.69 bits per heavy atom. The fourth-order valence-corrected chi connectivity index (χ4v) is 7.98. The first kappa shape index (κ1) is 38.7. The van der Waals surface area contributed by atoms with E-state index in [1.165, 1.54) is 40.6 Å². The van der Waals surface area contributed by atoms with Crippen LogP contribution in [0.3, 0.4) is 0 Å². The molecule has 3 atom stereocenters. The van der Waals surface area contributed by atoms with Gasteiger partial charge in [0, 0.05) is 60.1 Å². The number of anilines is 1. The van der Waals surface area contributed by atoms with Gasteiger partial charge >= 0.3 is 6.09 Å². The molecule has 11 nitrogen and oxygen atoms in total. The molecule has 3 N–H and O–H groups in total. The minimum Gasteiger partial charge on any atom is -0.481 e. The minimum absolute atomic E-state index is 0.0170. The number of halogens is 2. The molecular weight excluding hydrogens is 709 g/mol. The average Bonchev–Trinajstić information content (AvgIpc) is 3.12. The van der Waals surface area contributed by atoms with E-state index in [4.69, 9.17) is 26.8 Å². The van der Waals surface area contributed by atoms with E-state index in [2.05, 4.69) is 10.3 Å². The first-order valence-corrected chi connectivity index (χ1v) is 18.6. The lowest BCUT2D eigenvalue weighted by molar-refractivity contribution is -0.117. The Bertz CT molecular complexity index is 1960. The second-order valence-electron chi connectivity index (χ2n) is 13.5. The van der Waals surface area contributed by atoms with E-state index in [9.17, 15) is 18.0 Å². The summed E-state index contributed by atoms with van der Waals surface area (Å²) in [5, 5.41) is 3.34. The molecule has 52 heavy (non-hydrogen) atoms. The molecule has 0 bridgehead atoms. The largest absolute Gasteiger partial charge is 0.481 e. The summed E-state index contributed by atoms with van der Waals surface area (Å²) < 4.78 is 55.4. The Morgan fingerprint density at radius 3 is 2.33 bits per heavy atom. The third-order valence-corrected chi connectivity index (χ3v) is 11.0. The molecule has 1 aromatic heterocycles. The SMILES string of the molecule is COc1ccc([C@H](c2ccc(Cl)cc2)[C@H](N)C(=O)Nc2cccc(F)c2CCC2CN(C(=O)OC(C)(C)C)CCN2S(=O)(=O)c2ccccc2)cn1. The van der Waals surface area contributed by atoms with Crippen LogP contribution < -0.4 is 15.8 Å². The number of aromatic nitrogens is 1. The van der Waals surface area contributed by atoms with Crippen LogP contribution in [0.25, 0.3) is 0 Å². The number of nitrogens with one attached hydrogen (secondary N) is 1. The van der Waals surface area contributed by atoms with Crippen molar-refractivity contribution in [2.45, 2.75) is 62.1 Å². The lowest BCUT2D eigenvalue weighted by Gasteiger charge is -2.41. The van der Waals surface area contributed by atoms with Gasteiger partial charge in [0.05, 0.1) is 18.0 Å². The molecule has 3 aromatic carbocycles. The molecule has 5 rings (SSSR count). The van der Waals surface area contributed by atoms with Crippen LogP contribution in [-0.2, 0) is 26.0 Å². The normalized spacial score (nSPS) is 16.5. The van der Waals surface area contributed by atoms with Gasteiger partial charge in [-0.2, -0.15) is 4.31 Å². The number of ether oxygens (including phenoxy) is 2. The highest BCUT2D eigenvalue weighted by atomic mass is 35.5. The van der Waals surface area contributed by atoms with E-state index in [0.717, 1.165) is 0 Å². The van der Waals surface area contributed by atoms with Gasteiger partial charge in [0.1, 0.15) is 11.4 Å². The Morgan fingerprint density at radius 1 is 1.00 bits per heavy atom. The number of rotatable bonds is 11. The molecule has 0 saturated carbocycles. The summed E-state index contributed by atoms with van der Waals surface area (Å²) in [7, 11) is -2.47. The Balaban J connectivity index is 1.40. The van der Waals surface area contributed by atoms with E-state index < -0.39 is 51.4 Å². The molecule has 1 fully saturated rings. The molecule has 1 saturated heterocycles. The molecule has 0 spiro atoms. The predicted octanol–water partition coefficient (Wildman–Crippen LogP) is 6.22. The number of methoxy groups -OCH3 is 1. The predicted molar refractivity (Wildman–Crippen MR) is 197 cm³/mol. The van der Waals surface area contributed by atoms with Gasteiger partial charge in [-0.15, -0.1) is 0 Å². The zero-order valence-corrected chi connectivity index (χ0v) is 31.0.